The first-order valence-electron chi connectivity index (χ1n) is 32.9. The third-order valence-corrected chi connectivity index (χ3v) is 14.0. The molecule has 0 bridgehead atoms. The SMILES string of the molecule is CC/C=C\C/C=C\C/C=C\C/C=C\C/C=C\CCCCCCCCCCCCCC(=O)OCC(COC(=O)CCCCCCCC)OC(=O)CCCCCCCCCCCCCCCC/C=C\C/C=C\C/C=C\C/C=C\CC. The standard InChI is InChI=1S/C72H122O6/c1-4-7-10-13-16-18-20-22-24-26-28-30-32-34-36-38-40-42-44-46-48-50-52-54-56-59-62-65-71(74)77-68-69(67-76-70(73)64-61-58-15-12-9-6-3)78-72(75)66-63-60-57-55-53-51-49-47-45-43-41-39-37-35-33-31-29-27-25-23-21-19-17-14-11-8-5-2/h7-8,10-11,16-19,22-25,28-31,34,36,69H,4-6,9,12-15,20-21,26-27,32-33,35,37-68H2,1-3H3/b10-7-,11-8-,18-16-,19-17-,24-22-,25-23-,30-28-,31-29-,36-34-. The Balaban J connectivity index is 4.08. The molecular weight excluding hydrogens is 961 g/mol. The molecule has 6 heteroatoms. The molecule has 0 aliphatic carbocycles. The lowest BCUT2D eigenvalue weighted by molar-refractivity contribution is -0.167. The van der Waals surface area contributed by atoms with Crippen LogP contribution in [0.4, 0.5) is 0 Å². The van der Waals surface area contributed by atoms with Gasteiger partial charge in [0.25, 0.3) is 0 Å². The number of hydrogen-bond donors (Lipinski definition) is 0. The van der Waals surface area contributed by atoms with Crippen LogP contribution < -0.4 is 0 Å². The largest absolute Gasteiger partial charge is 0.462 e. The molecule has 78 heavy (non-hydrogen) atoms. The van der Waals surface area contributed by atoms with Crippen molar-refractivity contribution >= 4 is 17.9 Å². The van der Waals surface area contributed by atoms with Crippen molar-refractivity contribution in [1.82, 2.24) is 0 Å². The monoisotopic (exact) mass is 1080 g/mol. The van der Waals surface area contributed by atoms with Gasteiger partial charge in [-0.1, -0.05) is 297 Å². The molecule has 0 aliphatic rings. The van der Waals surface area contributed by atoms with Crippen LogP contribution in [-0.4, -0.2) is 37.2 Å². The number of esters is 3. The third-order valence-electron chi connectivity index (χ3n) is 14.0. The summed E-state index contributed by atoms with van der Waals surface area (Å²) in [6.07, 6.45) is 89.9. The lowest BCUT2D eigenvalue weighted by Gasteiger charge is -2.18. The van der Waals surface area contributed by atoms with E-state index in [-0.39, 0.29) is 31.1 Å². The van der Waals surface area contributed by atoms with Crippen LogP contribution >= 0.6 is 0 Å². The number of unbranched alkanes of at least 4 members (excludes halogenated alkanes) is 30. The Morgan fingerprint density at radius 2 is 0.500 bits per heavy atom. The first kappa shape index (κ1) is 74.1. The van der Waals surface area contributed by atoms with E-state index in [0.29, 0.717) is 19.3 Å². The van der Waals surface area contributed by atoms with Crippen LogP contribution in [0.1, 0.15) is 310 Å². The Labute approximate surface area is 482 Å². The number of hydrogen-bond acceptors (Lipinski definition) is 6. The highest BCUT2D eigenvalue weighted by Gasteiger charge is 2.19. The zero-order valence-corrected chi connectivity index (χ0v) is 51.2. The van der Waals surface area contributed by atoms with Crippen molar-refractivity contribution in [1.29, 1.82) is 0 Å². The molecule has 446 valence electrons. The second-order valence-corrected chi connectivity index (χ2v) is 21.6. The van der Waals surface area contributed by atoms with E-state index in [1.165, 1.54) is 154 Å². The summed E-state index contributed by atoms with van der Waals surface area (Å²) in [7, 11) is 0. The molecule has 0 saturated heterocycles. The maximum atomic E-state index is 12.9. The van der Waals surface area contributed by atoms with Crippen LogP contribution in [0.5, 0.6) is 0 Å². The van der Waals surface area contributed by atoms with Gasteiger partial charge in [0.2, 0.25) is 0 Å². The van der Waals surface area contributed by atoms with Crippen molar-refractivity contribution in [2.75, 3.05) is 13.2 Å². The van der Waals surface area contributed by atoms with Gasteiger partial charge in [-0.3, -0.25) is 14.4 Å². The fraction of sp³-hybridized carbons (Fsp3) is 0.708. The lowest BCUT2D eigenvalue weighted by Crippen LogP contribution is -2.30. The predicted molar refractivity (Wildman–Crippen MR) is 339 cm³/mol. The van der Waals surface area contributed by atoms with Gasteiger partial charge in [-0.15, -0.1) is 0 Å². The van der Waals surface area contributed by atoms with Crippen LogP contribution in [0.25, 0.3) is 0 Å². The Morgan fingerprint density at radius 1 is 0.269 bits per heavy atom. The van der Waals surface area contributed by atoms with E-state index in [0.717, 1.165) is 116 Å². The molecular formula is C72H122O6. The van der Waals surface area contributed by atoms with Crippen molar-refractivity contribution in [3.05, 3.63) is 109 Å². The molecule has 0 aromatic rings. The Hall–Kier alpha value is -3.93. The van der Waals surface area contributed by atoms with Crippen LogP contribution in [-0.2, 0) is 28.6 Å². The van der Waals surface area contributed by atoms with Crippen LogP contribution in [0.3, 0.4) is 0 Å². The minimum atomic E-state index is -0.777. The van der Waals surface area contributed by atoms with Crippen LogP contribution in [0.15, 0.2) is 109 Å². The van der Waals surface area contributed by atoms with Crippen LogP contribution in [0, 0.1) is 0 Å². The number of ether oxygens (including phenoxy) is 3. The van der Waals surface area contributed by atoms with E-state index in [1.54, 1.807) is 0 Å². The highest BCUT2D eigenvalue weighted by atomic mass is 16.6. The molecule has 0 aliphatic heterocycles. The molecule has 1 atom stereocenters. The van der Waals surface area contributed by atoms with Gasteiger partial charge in [-0.25, -0.2) is 0 Å². The molecule has 0 aromatic carbocycles. The topological polar surface area (TPSA) is 78.9 Å². The van der Waals surface area contributed by atoms with Crippen molar-refractivity contribution in [2.24, 2.45) is 0 Å². The van der Waals surface area contributed by atoms with E-state index in [9.17, 15) is 14.4 Å². The molecule has 1 unspecified atom stereocenters. The summed E-state index contributed by atoms with van der Waals surface area (Å²) in [6, 6.07) is 0. The fourth-order valence-corrected chi connectivity index (χ4v) is 9.17. The van der Waals surface area contributed by atoms with Crippen molar-refractivity contribution in [3.8, 4) is 0 Å². The molecule has 0 N–H and O–H groups in total. The first-order valence-corrected chi connectivity index (χ1v) is 32.9. The van der Waals surface area contributed by atoms with E-state index in [1.807, 2.05) is 0 Å². The normalized spacial score (nSPS) is 12.8. The van der Waals surface area contributed by atoms with Crippen molar-refractivity contribution < 1.29 is 28.6 Å². The third kappa shape index (κ3) is 62.9. The van der Waals surface area contributed by atoms with Crippen molar-refractivity contribution in [2.45, 2.75) is 316 Å². The van der Waals surface area contributed by atoms with Crippen LogP contribution in [0.2, 0.25) is 0 Å². The average Bonchev–Trinajstić information content (AvgIpc) is 3.44. The second-order valence-electron chi connectivity index (χ2n) is 21.6. The number of carbonyl (C=O) groups excluding carboxylic acids is 3. The number of allylic oxidation sites excluding steroid dienone is 18. The highest BCUT2D eigenvalue weighted by Crippen LogP contribution is 2.17. The van der Waals surface area contributed by atoms with Gasteiger partial charge in [-0.05, 0) is 103 Å². The molecule has 0 fully saturated rings. The molecule has 0 spiro atoms. The van der Waals surface area contributed by atoms with E-state index < -0.39 is 6.10 Å². The quantitative estimate of drug-likeness (QED) is 0.0261. The smallest absolute Gasteiger partial charge is 0.306 e. The summed E-state index contributed by atoms with van der Waals surface area (Å²) in [5.41, 5.74) is 0. The maximum Gasteiger partial charge on any atom is 0.306 e. The van der Waals surface area contributed by atoms with E-state index in [2.05, 4.69) is 130 Å². The Bertz CT molecular complexity index is 1570. The summed E-state index contributed by atoms with van der Waals surface area (Å²) >= 11 is 0. The zero-order valence-electron chi connectivity index (χ0n) is 51.2. The molecule has 0 amide bonds. The van der Waals surface area contributed by atoms with Gasteiger partial charge in [0, 0.05) is 19.3 Å². The minimum absolute atomic E-state index is 0.0773. The zero-order chi connectivity index (χ0) is 56.4. The van der Waals surface area contributed by atoms with Gasteiger partial charge >= 0.3 is 17.9 Å². The van der Waals surface area contributed by atoms with E-state index >= 15 is 0 Å². The van der Waals surface area contributed by atoms with E-state index in [4.69, 9.17) is 14.2 Å². The minimum Gasteiger partial charge on any atom is -0.462 e. The molecule has 0 radical (unpaired) electrons. The van der Waals surface area contributed by atoms with Gasteiger partial charge in [0.15, 0.2) is 6.10 Å². The number of carbonyl (C=O) groups is 3. The predicted octanol–water partition coefficient (Wildman–Crippen LogP) is 22.6. The summed E-state index contributed by atoms with van der Waals surface area (Å²) in [5, 5.41) is 0. The second kappa shape index (κ2) is 65.6. The van der Waals surface area contributed by atoms with Gasteiger partial charge in [0.1, 0.15) is 13.2 Å². The summed E-state index contributed by atoms with van der Waals surface area (Å²) < 4.78 is 16.8. The highest BCUT2D eigenvalue weighted by molar-refractivity contribution is 5.71. The fourth-order valence-electron chi connectivity index (χ4n) is 9.17. The Kier molecular flexibility index (Phi) is 62.3. The maximum absolute atomic E-state index is 12.9. The average molecular weight is 1080 g/mol. The first-order chi connectivity index (χ1) is 38.5. The molecule has 0 heterocycles. The molecule has 6 nitrogen and oxygen atoms in total. The van der Waals surface area contributed by atoms with Gasteiger partial charge < -0.3 is 14.2 Å². The molecule has 0 saturated carbocycles. The number of rotatable bonds is 59. The summed E-state index contributed by atoms with van der Waals surface area (Å²) in [6.45, 7) is 6.38. The summed E-state index contributed by atoms with van der Waals surface area (Å²) in [5.74, 6) is -0.882. The molecule has 0 aromatic heterocycles. The molecule has 0 rings (SSSR count). The van der Waals surface area contributed by atoms with Gasteiger partial charge in [-0.2, -0.15) is 0 Å². The van der Waals surface area contributed by atoms with Crippen molar-refractivity contribution in [3.63, 3.8) is 0 Å². The lowest BCUT2D eigenvalue weighted by atomic mass is 10.0. The van der Waals surface area contributed by atoms with Gasteiger partial charge in [0.05, 0.1) is 0 Å². The Morgan fingerprint density at radius 3 is 0.782 bits per heavy atom. The summed E-state index contributed by atoms with van der Waals surface area (Å²) in [4.78, 5) is 38.1.